The van der Waals surface area contributed by atoms with Gasteiger partial charge in [-0.15, -0.1) is 0 Å². The van der Waals surface area contributed by atoms with E-state index in [4.69, 9.17) is 102 Å². The maximum atomic E-state index is 12.2. The predicted molar refractivity (Wildman–Crippen MR) is 414 cm³/mol. The maximum Gasteiger partial charge on any atom is 0.330 e. The fraction of sp³-hybridized carbons (Fsp3) is 0.776. The topological polar surface area (TPSA) is 423 Å². The summed E-state index contributed by atoms with van der Waals surface area (Å²) < 4.78 is 80.2. The van der Waals surface area contributed by atoms with Crippen LogP contribution in [0.1, 0.15) is 141 Å². The fourth-order valence-electron chi connectivity index (χ4n) is 10.6. The summed E-state index contributed by atoms with van der Waals surface area (Å²) in [5.41, 5.74) is -6.90. The molecular formula is C67H119N12O23P3S2. The van der Waals surface area contributed by atoms with Gasteiger partial charge >= 0.3 is 30.5 Å². The summed E-state index contributed by atoms with van der Waals surface area (Å²) in [6.07, 6.45) is 3.85. The monoisotopic (exact) mass is 1620 g/mol. The van der Waals surface area contributed by atoms with Crippen molar-refractivity contribution < 1.29 is 80.1 Å². The van der Waals surface area contributed by atoms with Crippen molar-refractivity contribution in [2.24, 2.45) is 11.8 Å². The molecule has 6 aliphatic heterocycles. The SMILES string of the molecule is C1CCOC1.CC(C)NC(C)C.CC(C)NC(C)C.CCCC.CCNC.COC1[C@H](n2ccc(=O)[nH]c2=O)OC(CO)(CO)[C@@H]1C.N#CCCOP.[C-]#[N+]CCOP1(=S)OCC2(CO1)O[C@@H](n1ccc(=O)[nH]c1=O)C(OC)[C@H]2C.[C-]#[N+]CCOP1(=S)OCC2(CO1)O[C@@H](n1ccc(=O)[nH]c1=O)C(OC)[C@H]2O. The Kier molecular flexibility index (Phi) is 49.4. The molecule has 0 aromatic carbocycles. The number of nitriles is 1. The molecule has 0 amide bonds. The minimum Gasteiger partial charge on any atom is -0.393 e. The molecule has 40 heteroatoms. The van der Waals surface area contributed by atoms with Crippen LogP contribution in [0, 0.1) is 36.3 Å². The Labute approximate surface area is 640 Å². The van der Waals surface area contributed by atoms with E-state index in [0.29, 0.717) is 37.2 Å². The van der Waals surface area contributed by atoms with E-state index >= 15 is 0 Å². The second kappa shape index (κ2) is 52.6. The van der Waals surface area contributed by atoms with Gasteiger partial charge < -0.3 is 106 Å². The Bertz CT molecular complexity index is 3380. The van der Waals surface area contributed by atoms with Crippen LogP contribution in [-0.2, 0) is 88.4 Å². The number of H-pyrrole nitrogens is 3. The second-order valence-electron chi connectivity index (χ2n) is 25.9. The van der Waals surface area contributed by atoms with E-state index < -0.39 is 120 Å². The lowest BCUT2D eigenvalue weighted by atomic mass is 9.88. The minimum atomic E-state index is -3.04. The third-order valence-corrected chi connectivity index (χ3v) is 21.2. The second-order valence-corrected chi connectivity index (χ2v) is 32.2. The number of rotatable bonds is 22. The minimum absolute atomic E-state index is 0.0767. The lowest BCUT2D eigenvalue weighted by Gasteiger charge is -2.39. The molecule has 9 N–H and O–H groups in total. The van der Waals surface area contributed by atoms with Gasteiger partial charge in [-0.3, -0.25) is 43.0 Å². The zero-order chi connectivity index (χ0) is 81.1. The summed E-state index contributed by atoms with van der Waals surface area (Å²) in [6, 6.07) is 8.03. The highest BCUT2D eigenvalue weighted by atomic mass is 32.5. The van der Waals surface area contributed by atoms with Crippen LogP contribution in [0.15, 0.2) is 65.6 Å². The highest BCUT2D eigenvalue weighted by molar-refractivity contribution is 8.07. The molecule has 612 valence electrons. The van der Waals surface area contributed by atoms with Gasteiger partial charge in [0.05, 0.1) is 58.7 Å². The highest BCUT2D eigenvalue weighted by Gasteiger charge is 2.60. The van der Waals surface area contributed by atoms with Crippen LogP contribution < -0.4 is 49.7 Å². The van der Waals surface area contributed by atoms with E-state index in [1.807, 2.05) is 20.0 Å². The van der Waals surface area contributed by atoms with Crippen molar-refractivity contribution in [1.29, 1.82) is 5.26 Å². The van der Waals surface area contributed by atoms with Crippen molar-refractivity contribution in [3.05, 3.63) is 122 Å². The van der Waals surface area contributed by atoms with Crippen LogP contribution in [0.4, 0.5) is 0 Å². The Balaban J connectivity index is 0.000000665. The van der Waals surface area contributed by atoms with E-state index in [1.165, 1.54) is 86.9 Å². The van der Waals surface area contributed by atoms with E-state index in [-0.39, 0.29) is 64.6 Å². The molecule has 4 unspecified atom stereocenters. The number of unbranched alkanes of at least 4 members (excludes halogenated alkanes) is 1. The number of methoxy groups -OCH3 is 3. The molecule has 9 rings (SSSR count). The van der Waals surface area contributed by atoms with Crippen molar-refractivity contribution in [3.8, 4) is 6.07 Å². The van der Waals surface area contributed by atoms with Gasteiger partial charge in [0.25, 0.3) is 16.7 Å². The van der Waals surface area contributed by atoms with Gasteiger partial charge in [0.15, 0.2) is 18.7 Å². The first-order valence-corrected chi connectivity index (χ1v) is 40.9. The molecule has 0 bridgehead atoms. The Morgan fingerprint density at radius 3 is 1.24 bits per heavy atom. The number of nitrogens with one attached hydrogen (secondary N) is 6. The molecule has 107 heavy (non-hydrogen) atoms. The summed E-state index contributed by atoms with van der Waals surface area (Å²) in [6.45, 7) is 38.1. The number of ether oxygens (including phenoxy) is 7. The number of aliphatic hydroxyl groups excluding tert-OH is 3. The first-order valence-electron chi connectivity index (χ1n) is 35.3. The molecule has 0 radical (unpaired) electrons. The van der Waals surface area contributed by atoms with Gasteiger partial charge in [-0.1, -0.05) is 103 Å². The Morgan fingerprint density at radius 1 is 0.626 bits per heavy atom. The maximum absolute atomic E-state index is 12.2. The van der Waals surface area contributed by atoms with Crippen LogP contribution in [-0.4, -0.2) is 230 Å². The standard InChI is InChI=1S/C15H20N3O7PS.C14H18N3O8PS.C12H18N2O6.2C6H15N.C4H8O.C4H10.C3H6NOP.C3H9N/c1-10-12(21-3)13(18-6-4-11(19)17-14(18)20)25-15(10)8-23-26(27,24-9-15)22-7-5-16-2;1-15-4-6-22-26(27)23-7-14(8-24-26)11(19)10(21-2)12(25-14)17-5-3-9(18)16-13(17)20;1-7-9(19-2)10(20-12(7,5-15)6-16)14-4-3-8(17)13-11(14)18;2*1-5(2)7-6(3)4;1-2-4-5-3-1;1-3-4-2;4-2-1-3-5-6;1-3-4-2/h4,6,10,12-13H,5,7-9H2,1,3H3,(H,17,19,20);3,5,10-12,19H,4,6-8H2,2H3,(H,16,18,20);3-4,7,9-10,15-16H,5-6H2,1-2H3,(H,13,17,18);2*5-7H,1-4H3;1-4H2;3-4H2,1-2H3;1,3,6H2;4H,3H2,1-2H3/t10-,12?,13-,15?,26?;10?,11-,12-,14?,26?;7-,9?,10-;;;;;;/m111....../s1. The van der Waals surface area contributed by atoms with E-state index in [0.717, 1.165) is 30.4 Å². The summed E-state index contributed by atoms with van der Waals surface area (Å²) >= 11 is 10.5. The molecule has 6 saturated heterocycles. The van der Waals surface area contributed by atoms with Gasteiger partial charge in [-0.05, 0) is 50.0 Å². The summed E-state index contributed by atoms with van der Waals surface area (Å²) in [5, 5.41) is 47.1. The highest BCUT2D eigenvalue weighted by Crippen LogP contribution is 2.58. The van der Waals surface area contributed by atoms with Crippen LogP contribution in [0.25, 0.3) is 9.69 Å². The number of aromatic amines is 3. The zero-order valence-electron chi connectivity index (χ0n) is 64.9. The first-order chi connectivity index (χ1) is 50.7. The molecule has 0 aliphatic carbocycles. The summed E-state index contributed by atoms with van der Waals surface area (Å²) in [7, 11) is 8.35. The van der Waals surface area contributed by atoms with E-state index in [2.05, 4.69) is 131 Å². The molecule has 10 atom stereocenters. The van der Waals surface area contributed by atoms with Gasteiger partial charge in [0.1, 0.15) is 54.4 Å². The number of hydrogen-bond acceptors (Lipinski definition) is 29. The molecule has 9 heterocycles. The van der Waals surface area contributed by atoms with Gasteiger partial charge in [0.2, 0.25) is 13.1 Å². The molecular weight excluding hydrogens is 1500 g/mol. The molecule has 3 aromatic heterocycles. The van der Waals surface area contributed by atoms with Crippen molar-refractivity contribution in [2.45, 2.75) is 206 Å². The van der Waals surface area contributed by atoms with Crippen LogP contribution in [0.2, 0.25) is 0 Å². The quantitative estimate of drug-likeness (QED) is 0.0370. The fourth-order valence-corrected chi connectivity index (χ4v) is 14.3. The smallest absolute Gasteiger partial charge is 0.330 e. The molecule has 6 fully saturated rings. The van der Waals surface area contributed by atoms with Crippen molar-refractivity contribution in [1.82, 2.24) is 44.6 Å². The molecule has 6 aliphatic rings. The predicted octanol–water partition coefficient (Wildman–Crippen LogP) is 4.81. The lowest BCUT2D eigenvalue weighted by molar-refractivity contribution is -0.161. The Hall–Kier alpha value is -4.56. The zero-order valence-corrected chi connectivity index (χ0v) is 69.5. The van der Waals surface area contributed by atoms with E-state index in [1.54, 1.807) is 6.92 Å². The number of nitrogens with zero attached hydrogens (tertiary/aromatic N) is 6. The number of aliphatic hydroxyl groups is 3. The van der Waals surface area contributed by atoms with E-state index in [9.17, 15) is 44.1 Å². The molecule has 2 spiro atoms. The van der Waals surface area contributed by atoms with Crippen molar-refractivity contribution >= 4 is 46.5 Å². The Morgan fingerprint density at radius 2 is 0.972 bits per heavy atom. The van der Waals surface area contributed by atoms with Gasteiger partial charge in [-0.25, -0.2) is 27.5 Å². The summed E-state index contributed by atoms with van der Waals surface area (Å²) in [4.78, 5) is 82.6. The summed E-state index contributed by atoms with van der Waals surface area (Å²) in [5.74, 6) is -0.537. The van der Waals surface area contributed by atoms with Crippen LogP contribution in [0.5, 0.6) is 0 Å². The average Bonchev–Trinajstić information content (AvgIpc) is 1.62. The molecule has 0 saturated carbocycles. The van der Waals surface area contributed by atoms with Gasteiger partial charge in [-0.2, -0.15) is 5.26 Å². The third kappa shape index (κ3) is 33.3. The van der Waals surface area contributed by atoms with Crippen molar-refractivity contribution in [2.75, 3.05) is 121 Å². The first kappa shape index (κ1) is 100. The third-order valence-electron chi connectivity index (χ3n) is 16.3. The van der Waals surface area contributed by atoms with Crippen molar-refractivity contribution in [3.63, 3.8) is 0 Å². The number of hydrogen-bond donors (Lipinski definition) is 9. The largest absolute Gasteiger partial charge is 0.393 e. The molecule has 35 nitrogen and oxygen atoms in total. The van der Waals surface area contributed by atoms with Crippen LogP contribution >= 0.6 is 22.9 Å². The lowest BCUT2D eigenvalue weighted by Crippen LogP contribution is -2.52. The van der Waals surface area contributed by atoms with Crippen LogP contribution in [0.3, 0.4) is 0 Å². The average molecular weight is 1620 g/mol. The van der Waals surface area contributed by atoms with Gasteiger partial charge in [0, 0.05) is 117 Å². The number of aromatic nitrogens is 6. The molecule has 3 aromatic rings. The normalized spacial score (nSPS) is 27.1.